The molecule has 4 heteroatoms. The van der Waals surface area contributed by atoms with Gasteiger partial charge in [-0.3, -0.25) is 0 Å². The molecule has 14 heavy (non-hydrogen) atoms. The molecule has 0 spiro atoms. The number of morpholine rings is 2. The van der Waals surface area contributed by atoms with Crippen molar-refractivity contribution in [2.24, 2.45) is 0 Å². The predicted octanol–water partition coefficient (Wildman–Crippen LogP) is -0.258. The molecule has 2 aliphatic rings. The first-order valence-electron chi connectivity index (χ1n) is 5.49. The molecule has 0 radical (unpaired) electrons. The molecule has 2 rings (SSSR count). The summed E-state index contributed by atoms with van der Waals surface area (Å²) in [5, 5.41) is 7.00. The highest BCUT2D eigenvalue weighted by Gasteiger charge is 2.23. The van der Waals surface area contributed by atoms with E-state index < -0.39 is 0 Å². The highest BCUT2D eigenvalue weighted by molar-refractivity contribution is 4.82. The highest BCUT2D eigenvalue weighted by Crippen LogP contribution is 2.07. The smallest absolute Gasteiger partial charge is 0.0621 e. The molecule has 2 saturated heterocycles. The van der Waals surface area contributed by atoms with Crippen molar-refractivity contribution in [3.8, 4) is 0 Å². The zero-order valence-corrected chi connectivity index (χ0v) is 8.79. The van der Waals surface area contributed by atoms with E-state index in [0.717, 1.165) is 39.4 Å². The van der Waals surface area contributed by atoms with Crippen LogP contribution in [0.5, 0.6) is 0 Å². The van der Waals surface area contributed by atoms with Gasteiger partial charge in [0.15, 0.2) is 0 Å². The van der Waals surface area contributed by atoms with E-state index in [2.05, 4.69) is 17.6 Å². The van der Waals surface area contributed by atoms with Gasteiger partial charge in [-0.25, -0.2) is 0 Å². The summed E-state index contributed by atoms with van der Waals surface area (Å²) in [6.45, 7) is 6.51. The Morgan fingerprint density at radius 1 is 1.14 bits per heavy atom. The van der Waals surface area contributed by atoms with Crippen LogP contribution in [-0.4, -0.2) is 51.1 Å². The summed E-state index contributed by atoms with van der Waals surface area (Å²) in [5.74, 6) is 0. The Hall–Kier alpha value is -0.160. The number of hydrogen-bond acceptors (Lipinski definition) is 4. The number of ether oxygens (including phenoxy) is 2. The Bertz CT molecular complexity index is 172. The van der Waals surface area contributed by atoms with Crippen molar-refractivity contribution in [1.29, 1.82) is 0 Å². The van der Waals surface area contributed by atoms with Gasteiger partial charge in [0.2, 0.25) is 0 Å². The zero-order chi connectivity index (χ0) is 9.80. The second kappa shape index (κ2) is 5.07. The van der Waals surface area contributed by atoms with Crippen molar-refractivity contribution in [3.05, 3.63) is 0 Å². The summed E-state index contributed by atoms with van der Waals surface area (Å²) in [4.78, 5) is 0. The van der Waals surface area contributed by atoms with Crippen LogP contribution in [-0.2, 0) is 9.47 Å². The Kier molecular flexibility index (Phi) is 3.75. The average Bonchev–Trinajstić information content (AvgIpc) is 2.19. The normalized spacial score (nSPS) is 39.6. The summed E-state index contributed by atoms with van der Waals surface area (Å²) >= 11 is 0. The van der Waals surface area contributed by atoms with Crippen LogP contribution in [0.4, 0.5) is 0 Å². The Morgan fingerprint density at radius 3 is 2.71 bits per heavy atom. The fourth-order valence-electron chi connectivity index (χ4n) is 2.14. The van der Waals surface area contributed by atoms with Gasteiger partial charge in [0.1, 0.15) is 0 Å². The molecule has 4 nitrogen and oxygen atoms in total. The molecule has 2 heterocycles. The lowest BCUT2D eigenvalue weighted by Gasteiger charge is -2.33. The summed E-state index contributed by atoms with van der Waals surface area (Å²) in [7, 11) is 0. The Morgan fingerprint density at radius 2 is 2.00 bits per heavy atom. The van der Waals surface area contributed by atoms with Crippen LogP contribution in [0, 0.1) is 0 Å². The molecule has 0 aromatic rings. The van der Waals surface area contributed by atoms with Crippen molar-refractivity contribution in [2.75, 3.05) is 33.0 Å². The zero-order valence-electron chi connectivity index (χ0n) is 8.79. The predicted molar refractivity (Wildman–Crippen MR) is 54.4 cm³/mol. The summed E-state index contributed by atoms with van der Waals surface area (Å²) < 4.78 is 10.9. The standard InChI is InChI=1S/C10H20N2O2/c1-8-5-14-7-10(12-8)4-9-6-13-3-2-11-9/h8-12H,2-7H2,1H3/t8-,9+,10?/m1/s1. The van der Waals surface area contributed by atoms with Gasteiger partial charge in [-0.1, -0.05) is 0 Å². The molecule has 2 N–H and O–H groups in total. The van der Waals surface area contributed by atoms with E-state index in [1.54, 1.807) is 0 Å². The minimum Gasteiger partial charge on any atom is -0.379 e. The van der Waals surface area contributed by atoms with Gasteiger partial charge in [-0.05, 0) is 13.3 Å². The van der Waals surface area contributed by atoms with E-state index in [-0.39, 0.29) is 0 Å². The lowest BCUT2D eigenvalue weighted by atomic mass is 10.1. The maximum absolute atomic E-state index is 5.50. The van der Waals surface area contributed by atoms with Crippen molar-refractivity contribution in [2.45, 2.75) is 31.5 Å². The summed E-state index contributed by atoms with van der Waals surface area (Å²) in [6, 6.07) is 1.46. The van der Waals surface area contributed by atoms with E-state index in [1.807, 2.05) is 0 Å². The molecule has 0 bridgehead atoms. The number of rotatable bonds is 2. The lowest BCUT2D eigenvalue weighted by molar-refractivity contribution is 0.0283. The topological polar surface area (TPSA) is 42.5 Å². The van der Waals surface area contributed by atoms with Gasteiger partial charge >= 0.3 is 0 Å². The van der Waals surface area contributed by atoms with Gasteiger partial charge in [-0.15, -0.1) is 0 Å². The molecular weight excluding hydrogens is 180 g/mol. The molecular formula is C10H20N2O2. The van der Waals surface area contributed by atoms with Crippen molar-refractivity contribution in [3.63, 3.8) is 0 Å². The molecule has 3 atom stereocenters. The quantitative estimate of drug-likeness (QED) is 0.644. The third-order valence-corrected chi connectivity index (χ3v) is 2.77. The van der Waals surface area contributed by atoms with E-state index >= 15 is 0 Å². The van der Waals surface area contributed by atoms with Gasteiger partial charge in [-0.2, -0.15) is 0 Å². The van der Waals surface area contributed by atoms with Crippen molar-refractivity contribution >= 4 is 0 Å². The molecule has 0 saturated carbocycles. The second-order valence-electron chi connectivity index (χ2n) is 4.26. The third kappa shape index (κ3) is 2.92. The Balaban J connectivity index is 1.72. The van der Waals surface area contributed by atoms with Crippen LogP contribution in [0.2, 0.25) is 0 Å². The monoisotopic (exact) mass is 200 g/mol. The molecule has 0 amide bonds. The van der Waals surface area contributed by atoms with Gasteiger partial charge in [0, 0.05) is 24.7 Å². The summed E-state index contributed by atoms with van der Waals surface area (Å²) in [5.41, 5.74) is 0. The molecule has 0 aromatic carbocycles. The second-order valence-corrected chi connectivity index (χ2v) is 4.26. The van der Waals surface area contributed by atoms with Gasteiger partial charge in [0.25, 0.3) is 0 Å². The van der Waals surface area contributed by atoms with E-state index in [4.69, 9.17) is 9.47 Å². The third-order valence-electron chi connectivity index (χ3n) is 2.77. The lowest BCUT2D eigenvalue weighted by Crippen LogP contribution is -2.52. The van der Waals surface area contributed by atoms with Crippen LogP contribution in [0.25, 0.3) is 0 Å². The van der Waals surface area contributed by atoms with Crippen LogP contribution >= 0.6 is 0 Å². The number of nitrogens with one attached hydrogen (secondary N) is 2. The maximum atomic E-state index is 5.50. The number of hydrogen-bond donors (Lipinski definition) is 2. The van der Waals surface area contributed by atoms with Crippen LogP contribution in [0.1, 0.15) is 13.3 Å². The minimum atomic E-state index is 0.484. The fourth-order valence-corrected chi connectivity index (χ4v) is 2.14. The molecule has 0 aliphatic carbocycles. The molecule has 0 aromatic heterocycles. The molecule has 82 valence electrons. The summed E-state index contributed by atoms with van der Waals surface area (Å²) in [6.07, 6.45) is 1.10. The first-order valence-corrected chi connectivity index (χ1v) is 5.49. The van der Waals surface area contributed by atoms with Crippen molar-refractivity contribution < 1.29 is 9.47 Å². The SMILES string of the molecule is C[C@@H]1COCC(C[C@H]2COCCN2)N1. The largest absolute Gasteiger partial charge is 0.379 e. The fraction of sp³-hybridized carbons (Fsp3) is 1.00. The first kappa shape index (κ1) is 10.4. The Labute approximate surface area is 85.3 Å². The first-order chi connectivity index (χ1) is 6.84. The highest BCUT2D eigenvalue weighted by atomic mass is 16.5. The van der Waals surface area contributed by atoms with Crippen molar-refractivity contribution in [1.82, 2.24) is 10.6 Å². The van der Waals surface area contributed by atoms with Crippen LogP contribution in [0.3, 0.4) is 0 Å². The van der Waals surface area contributed by atoms with Gasteiger partial charge in [0.05, 0.1) is 26.4 Å². The van der Waals surface area contributed by atoms with E-state index in [0.29, 0.717) is 18.1 Å². The van der Waals surface area contributed by atoms with Gasteiger partial charge < -0.3 is 20.1 Å². The molecule has 2 fully saturated rings. The van der Waals surface area contributed by atoms with E-state index in [1.165, 1.54) is 0 Å². The molecule has 1 unspecified atom stereocenters. The average molecular weight is 200 g/mol. The molecule has 2 aliphatic heterocycles. The van der Waals surface area contributed by atoms with E-state index in [9.17, 15) is 0 Å². The van der Waals surface area contributed by atoms with Crippen LogP contribution in [0.15, 0.2) is 0 Å². The maximum Gasteiger partial charge on any atom is 0.0621 e. The minimum absolute atomic E-state index is 0.484. The van der Waals surface area contributed by atoms with Crippen LogP contribution < -0.4 is 10.6 Å².